The molecule has 1 aromatic carbocycles. The van der Waals surface area contributed by atoms with E-state index in [1.54, 1.807) is 0 Å². The van der Waals surface area contributed by atoms with Gasteiger partial charge >= 0.3 is 0 Å². The molecule has 1 aliphatic carbocycles. The van der Waals surface area contributed by atoms with Gasteiger partial charge in [0.15, 0.2) is 5.78 Å². The van der Waals surface area contributed by atoms with Gasteiger partial charge in [0.2, 0.25) is 0 Å². The van der Waals surface area contributed by atoms with Crippen LogP contribution in [0.4, 0.5) is 5.69 Å². The van der Waals surface area contributed by atoms with Gasteiger partial charge in [-0.1, -0.05) is 6.92 Å². The van der Waals surface area contributed by atoms with Crippen LogP contribution in [0.1, 0.15) is 36.5 Å². The van der Waals surface area contributed by atoms with E-state index in [1.807, 2.05) is 6.92 Å². The van der Waals surface area contributed by atoms with Crippen molar-refractivity contribution in [2.45, 2.75) is 26.2 Å². The van der Waals surface area contributed by atoms with Crippen molar-refractivity contribution in [1.82, 2.24) is 0 Å². The second-order valence-corrected chi connectivity index (χ2v) is 5.43. The molecule has 1 aromatic rings. The van der Waals surface area contributed by atoms with Crippen molar-refractivity contribution in [3.63, 3.8) is 0 Å². The van der Waals surface area contributed by atoms with Crippen molar-refractivity contribution in [1.29, 1.82) is 0 Å². The van der Waals surface area contributed by atoms with Gasteiger partial charge in [0.05, 0.1) is 10.8 Å². The Balaban J connectivity index is 2.09. The van der Waals surface area contributed by atoms with Gasteiger partial charge in [-0.3, -0.25) is 24.5 Å². The van der Waals surface area contributed by atoms with Crippen LogP contribution in [0.5, 0.6) is 0 Å². The van der Waals surface area contributed by atoms with Gasteiger partial charge in [0.1, 0.15) is 11.6 Å². The summed E-state index contributed by atoms with van der Waals surface area (Å²) in [5.74, 6) is -1.53. The Labute approximate surface area is 121 Å². The van der Waals surface area contributed by atoms with Crippen LogP contribution in [0.25, 0.3) is 0 Å². The second-order valence-electron chi connectivity index (χ2n) is 5.43. The van der Waals surface area contributed by atoms with Crippen molar-refractivity contribution < 1.29 is 19.3 Å². The van der Waals surface area contributed by atoms with E-state index < -0.39 is 10.8 Å². The maximum atomic E-state index is 12.1. The highest BCUT2D eigenvalue weighted by Gasteiger charge is 2.35. The number of rotatable bonds is 4. The van der Waals surface area contributed by atoms with Crippen molar-refractivity contribution in [3.05, 3.63) is 39.9 Å². The van der Waals surface area contributed by atoms with Gasteiger partial charge < -0.3 is 0 Å². The summed E-state index contributed by atoms with van der Waals surface area (Å²) in [6.07, 6.45) is 0.496. The summed E-state index contributed by atoms with van der Waals surface area (Å²) in [6, 6.07) is 5.17. The molecule has 0 unspecified atom stereocenters. The number of hydrogen-bond donors (Lipinski definition) is 0. The SMILES string of the molecule is CC1CC(=O)C(CC(=O)c2ccc([N+](=O)[O-])cc2)C(=O)C1. The van der Waals surface area contributed by atoms with Gasteiger partial charge in [-0.25, -0.2) is 0 Å². The van der Waals surface area contributed by atoms with Crippen LogP contribution in [-0.2, 0) is 9.59 Å². The molecule has 0 N–H and O–H groups in total. The third-order valence-corrected chi connectivity index (χ3v) is 3.67. The average molecular weight is 289 g/mol. The molecule has 0 aromatic heterocycles. The molecular formula is C15H15NO5. The molecule has 0 atom stereocenters. The number of non-ortho nitro benzene ring substituents is 1. The smallest absolute Gasteiger partial charge is 0.269 e. The zero-order valence-corrected chi connectivity index (χ0v) is 11.6. The summed E-state index contributed by atoms with van der Waals surface area (Å²) in [6.45, 7) is 1.84. The Morgan fingerprint density at radius 2 is 1.71 bits per heavy atom. The first-order chi connectivity index (χ1) is 9.88. The minimum absolute atomic E-state index is 0.0377. The number of nitrogens with zero attached hydrogens (tertiary/aromatic N) is 1. The number of carbonyl (C=O) groups excluding carboxylic acids is 3. The largest absolute Gasteiger partial charge is 0.299 e. The van der Waals surface area contributed by atoms with E-state index in [0.29, 0.717) is 12.8 Å². The minimum atomic E-state index is -0.858. The average Bonchev–Trinajstić information content (AvgIpc) is 2.42. The molecule has 110 valence electrons. The molecule has 0 bridgehead atoms. The summed E-state index contributed by atoms with van der Waals surface area (Å²) < 4.78 is 0. The van der Waals surface area contributed by atoms with Gasteiger partial charge in [-0.05, 0) is 18.1 Å². The predicted molar refractivity (Wildman–Crippen MR) is 73.9 cm³/mol. The highest BCUT2D eigenvalue weighted by Crippen LogP contribution is 2.26. The highest BCUT2D eigenvalue weighted by molar-refractivity contribution is 6.09. The maximum Gasteiger partial charge on any atom is 0.269 e. The minimum Gasteiger partial charge on any atom is -0.299 e. The normalized spacial score (nSPS) is 22.1. The summed E-state index contributed by atoms with van der Waals surface area (Å²) >= 11 is 0. The lowest BCUT2D eigenvalue weighted by molar-refractivity contribution is -0.384. The van der Waals surface area contributed by atoms with E-state index in [-0.39, 0.29) is 40.9 Å². The lowest BCUT2D eigenvalue weighted by Gasteiger charge is -2.23. The van der Waals surface area contributed by atoms with Crippen LogP contribution in [0.2, 0.25) is 0 Å². The van der Waals surface area contributed by atoms with Gasteiger partial charge in [0, 0.05) is 37.0 Å². The molecule has 6 heteroatoms. The van der Waals surface area contributed by atoms with Crippen LogP contribution in [0.3, 0.4) is 0 Å². The zero-order valence-electron chi connectivity index (χ0n) is 11.6. The van der Waals surface area contributed by atoms with E-state index in [2.05, 4.69) is 0 Å². The number of nitro groups is 1. The topological polar surface area (TPSA) is 94.3 Å². The van der Waals surface area contributed by atoms with Crippen molar-refractivity contribution in [3.8, 4) is 0 Å². The first-order valence-electron chi connectivity index (χ1n) is 6.71. The van der Waals surface area contributed by atoms with Crippen LogP contribution in [0.15, 0.2) is 24.3 Å². The molecule has 1 aliphatic rings. The highest BCUT2D eigenvalue weighted by atomic mass is 16.6. The zero-order chi connectivity index (χ0) is 15.6. The third-order valence-electron chi connectivity index (χ3n) is 3.67. The molecule has 0 spiro atoms. The lowest BCUT2D eigenvalue weighted by atomic mass is 9.78. The number of nitro benzene ring substituents is 1. The quantitative estimate of drug-likeness (QED) is 0.367. The Morgan fingerprint density at radius 1 is 1.19 bits per heavy atom. The van der Waals surface area contributed by atoms with Crippen molar-refractivity contribution >= 4 is 23.0 Å². The summed E-state index contributed by atoms with van der Waals surface area (Å²) in [7, 11) is 0. The fourth-order valence-corrected chi connectivity index (χ4v) is 2.52. The van der Waals surface area contributed by atoms with Crippen molar-refractivity contribution in [2.75, 3.05) is 0 Å². The Kier molecular flexibility index (Phi) is 4.26. The van der Waals surface area contributed by atoms with Crippen LogP contribution in [-0.4, -0.2) is 22.3 Å². The van der Waals surface area contributed by atoms with Crippen LogP contribution in [0, 0.1) is 22.0 Å². The van der Waals surface area contributed by atoms with E-state index in [1.165, 1.54) is 24.3 Å². The monoisotopic (exact) mass is 289 g/mol. The molecule has 2 rings (SSSR count). The van der Waals surface area contributed by atoms with E-state index in [9.17, 15) is 24.5 Å². The molecular weight excluding hydrogens is 274 g/mol. The van der Waals surface area contributed by atoms with Gasteiger partial charge in [-0.2, -0.15) is 0 Å². The van der Waals surface area contributed by atoms with Gasteiger partial charge in [0.25, 0.3) is 5.69 Å². The third kappa shape index (κ3) is 3.39. The molecule has 21 heavy (non-hydrogen) atoms. The van der Waals surface area contributed by atoms with E-state index >= 15 is 0 Å². The fraction of sp³-hybridized carbons (Fsp3) is 0.400. The number of ketones is 3. The number of carbonyl (C=O) groups is 3. The maximum absolute atomic E-state index is 12.1. The molecule has 6 nitrogen and oxygen atoms in total. The molecule has 0 radical (unpaired) electrons. The molecule has 0 heterocycles. The van der Waals surface area contributed by atoms with Crippen molar-refractivity contribution in [2.24, 2.45) is 11.8 Å². The number of hydrogen-bond acceptors (Lipinski definition) is 5. The fourth-order valence-electron chi connectivity index (χ4n) is 2.52. The Bertz CT molecular complexity index is 587. The summed E-state index contributed by atoms with van der Waals surface area (Å²) in [5.41, 5.74) is 0.171. The molecule has 0 amide bonds. The Hall–Kier alpha value is -2.37. The van der Waals surface area contributed by atoms with Gasteiger partial charge in [-0.15, -0.1) is 0 Å². The molecule has 1 fully saturated rings. The molecule has 0 saturated heterocycles. The van der Waals surface area contributed by atoms with Crippen LogP contribution >= 0.6 is 0 Å². The number of benzene rings is 1. The standard InChI is InChI=1S/C15H15NO5/c1-9-6-14(18)12(15(19)7-9)8-13(17)10-2-4-11(5-3-10)16(20)21/h2-5,9,12H,6-8H2,1H3. The summed E-state index contributed by atoms with van der Waals surface area (Å²) in [4.78, 5) is 45.8. The summed E-state index contributed by atoms with van der Waals surface area (Å²) in [5, 5.41) is 10.5. The molecule has 0 aliphatic heterocycles. The lowest BCUT2D eigenvalue weighted by Crippen LogP contribution is -2.34. The second kappa shape index (κ2) is 5.95. The molecule has 1 saturated carbocycles. The van der Waals surface area contributed by atoms with E-state index in [0.717, 1.165) is 0 Å². The number of Topliss-reactive ketones (excluding diaryl/α,β-unsaturated/α-hetero) is 3. The first-order valence-corrected chi connectivity index (χ1v) is 6.71. The predicted octanol–water partition coefficient (Wildman–Crippen LogP) is 2.35. The Morgan fingerprint density at radius 3 is 2.19 bits per heavy atom. The van der Waals surface area contributed by atoms with Crippen LogP contribution < -0.4 is 0 Å². The van der Waals surface area contributed by atoms with E-state index in [4.69, 9.17) is 0 Å². The first kappa shape index (κ1) is 15.0.